The third-order valence-electron chi connectivity index (χ3n) is 3.85. The number of nitrogens with two attached hydrogens (primary N) is 1. The number of alkyl halides is 2. The molecule has 114 valence electrons. The zero-order valence-corrected chi connectivity index (χ0v) is 12.2. The van der Waals surface area contributed by atoms with Gasteiger partial charge in [0.25, 0.3) is 5.92 Å². The maximum absolute atomic E-state index is 14.5. The standard InChI is InChI=1S/C12H14ClF2N5O/c1-3-6-5(2)12(14,15)10(21-6)20-4-17-7-8(13)18-11(16)19-9(7)20/h4-6,10H,3H2,1-2H3,(H2,16,18,19)/t5-,6-,10-/m1/s1. The monoisotopic (exact) mass is 317 g/mol. The smallest absolute Gasteiger partial charge is 0.297 e. The van der Waals surface area contributed by atoms with Crippen LogP contribution in [0.15, 0.2) is 6.33 Å². The van der Waals surface area contributed by atoms with Crippen LogP contribution in [0.2, 0.25) is 5.15 Å². The van der Waals surface area contributed by atoms with Crippen molar-refractivity contribution in [2.75, 3.05) is 5.73 Å². The topological polar surface area (TPSA) is 78.8 Å². The van der Waals surface area contributed by atoms with Gasteiger partial charge in [-0.15, -0.1) is 0 Å². The van der Waals surface area contributed by atoms with Gasteiger partial charge in [0.15, 0.2) is 10.8 Å². The van der Waals surface area contributed by atoms with E-state index in [-0.39, 0.29) is 22.3 Å². The van der Waals surface area contributed by atoms with Crippen LogP contribution < -0.4 is 5.73 Å². The van der Waals surface area contributed by atoms with Gasteiger partial charge >= 0.3 is 0 Å². The van der Waals surface area contributed by atoms with E-state index in [0.717, 1.165) is 0 Å². The quantitative estimate of drug-likeness (QED) is 0.861. The minimum Gasteiger partial charge on any atom is -0.368 e. The van der Waals surface area contributed by atoms with Gasteiger partial charge in [0.05, 0.1) is 18.3 Å². The zero-order chi connectivity index (χ0) is 15.4. The summed E-state index contributed by atoms with van der Waals surface area (Å²) in [7, 11) is 0. The Morgan fingerprint density at radius 2 is 2.19 bits per heavy atom. The van der Waals surface area contributed by atoms with Gasteiger partial charge in [-0.2, -0.15) is 9.97 Å². The molecule has 1 saturated heterocycles. The van der Waals surface area contributed by atoms with E-state index in [1.807, 2.05) is 6.92 Å². The molecule has 2 N–H and O–H groups in total. The van der Waals surface area contributed by atoms with Crippen molar-refractivity contribution in [1.29, 1.82) is 0 Å². The molecule has 0 spiro atoms. The number of anilines is 1. The molecule has 1 aliphatic heterocycles. The number of fused-ring (bicyclic) bond motifs is 1. The second kappa shape index (κ2) is 4.74. The molecule has 1 aliphatic rings. The van der Waals surface area contributed by atoms with E-state index in [2.05, 4.69) is 15.0 Å². The van der Waals surface area contributed by atoms with Crippen LogP contribution in [0, 0.1) is 5.92 Å². The summed E-state index contributed by atoms with van der Waals surface area (Å²) in [5, 5.41) is 0.0256. The number of imidazole rings is 1. The highest BCUT2D eigenvalue weighted by atomic mass is 35.5. The van der Waals surface area contributed by atoms with Gasteiger partial charge in [-0.05, 0) is 6.42 Å². The SMILES string of the molecule is CC[C@H]1O[C@@H](n2cnc3c(Cl)nc(N)nc32)C(F)(F)[C@@H]1C. The van der Waals surface area contributed by atoms with Gasteiger partial charge in [-0.3, -0.25) is 4.57 Å². The molecule has 0 unspecified atom stereocenters. The summed E-state index contributed by atoms with van der Waals surface area (Å²) < 4.78 is 35.6. The Hall–Kier alpha value is -1.54. The first-order valence-corrected chi connectivity index (χ1v) is 6.92. The molecule has 0 aromatic carbocycles. The van der Waals surface area contributed by atoms with E-state index in [1.165, 1.54) is 17.8 Å². The van der Waals surface area contributed by atoms with Crippen molar-refractivity contribution in [1.82, 2.24) is 19.5 Å². The number of halogens is 3. The van der Waals surface area contributed by atoms with Crippen LogP contribution in [-0.4, -0.2) is 31.5 Å². The van der Waals surface area contributed by atoms with Crippen molar-refractivity contribution in [3.8, 4) is 0 Å². The molecule has 21 heavy (non-hydrogen) atoms. The second-order valence-electron chi connectivity index (χ2n) is 5.10. The molecular formula is C12H14ClF2N5O. The maximum Gasteiger partial charge on any atom is 0.297 e. The molecule has 3 rings (SSSR count). The van der Waals surface area contributed by atoms with E-state index >= 15 is 0 Å². The largest absolute Gasteiger partial charge is 0.368 e. The third-order valence-corrected chi connectivity index (χ3v) is 4.11. The van der Waals surface area contributed by atoms with Crippen LogP contribution in [0.5, 0.6) is 0 Å². The first-order valence-electron chi connectivity index (χ1n) is 6.55. The third kappa shape index (κ3) is 2.04. The molecule has 3 atom stereocenters. The number of rotatable bonds is 2. The van der Waals surface area contributed by atoms with Gasteiger partial charge in [-0.25, -0.2) is 13.8 Å². The van der Waals surface area contributed by atoms with Crippen LogP contribution in [0.25, 0.3) is 11.2 Å². The zero-order valence-electron chi connectivity index (χ0n) is 11.4. The fourth-order valence-corrected chi connectivity index (χ4v) is 2.84. The summed E-state index contributed by atoms with van der Waals surface area (Å²) in [5.74, 6) is -4.05. The van der Waals surface area contributed by atoms with E-state index in [9.17, 15) is 8.78 Å². The van der Waals surface area contributed by atoms with Crippen molar-refractivity contribution in [2.24, 2.45) is 5.92 Å². The first-order chi connectivity index (χ1) is 9.86. The Labute approximate surface area is 124 Å². The first kappa shape index (κ1) is 14.4. The highest BCUT2D eigenvalue weighted by Gasteiger charge is 2.57. The highest BCUT2D eigenvalue weighted by Crippen LogP contribution is 2.48. The van der Waals surface area contributed by atoms with Gasteiger partial charge < -0.3 is 10.5 Å². The van der Waals surface area contributed by atoms with Crippen LogP contribution in [0.4, 0.5) is 14.7 Å². The lowest BCUT2D eigenvalue weighted by atomic mass is 9.98. The summed E-state index contributed by atoms with van der Waals surface area (Å²) in [6.07, 6.45) is -0.281. The molecule has 0 radical (unpaired) electrons. The molecule has 0 saturated carbocycles. The Morgan fingerprint density at radius 1 is 1.48 bits per heavy atom. The Kier molecular flexibility index (Phi) is 3.25. The van der Waals surface area contributed by atoms with Crippen LogP contribution in [0.3, 0.4) is 0 Å². The normalized spacial score (nSPS) is 28.3. The molecule has 9 heteroatoms. The van der Waals surface area contributed by atoms with Crippen LogP contribution in [-0.2, 0) is 4.74 Å². The average molecular weight is 318 g/mol. The number of nitrogens with zero attached hydrogens (tertiary/aromatic N) is 4. The lowest BCUT2D eigenvalue weighted by Crippen LogP contribution is -2.31. The van der Waals surface area contributed by atoms with E-state index in [1.54, 1.807) is 0 Å². The van der Waals surface area contributed by atoms with Crippen molar-refractivity contribution in [2.45, 2.75) is 38.5 Å². The lowest BCUT2D eigenvalue weighted by Gasteiger charge is -2.21. The summed E-state index contributed by atoms with van der Waals surface area (Å²) >= 11 is 5.90. The van der Waals surface area contributed by atoms with Gasteiger partial charge in [0.2, 0.25) is 12.2 Å². The van der Waals surface area contributed by atoms with Crippen molar-refractivity contribution in [3.05, 3.63) is 11.5 Å². The number of ether oxygens (including phenoxy) is 1. The summed E-state index contributed by atoms with van der Waals surface area (Å²) in [5.41, 5.74) is 5.88. The van der Waals surface area contributed by atoms with Gasteiger partial charge in [0.1, 0.15) is 5.52 Å². The number of aromatic nitrogens is 4. The molecule has 1 fully saturated rings. The van der Waals surface area contributed by atoms with E-state index < -0.39 is 24.2 Å². The predicted octanol–water partition coefficient (Wildman–Crippen LogP) is 2.64. The summed E-state index contributed by atoms with van der Waals surface area (Å²) in [6.45, 7) is 3.28. The fraction of sp³-hybridized carbons (Fsp3) is 0.583. The molecule has 0 amide bonds. The molecule has 0 aliphatic carbocycles. The molecule has 2 aromatic heterocycles. The molecule has 0 bridgehead atoms. The second-order valence-corrected chi connectivity index (χ2v) is 5.45. The maximum atomic E-state index is 14.5. The molecule has 6 nitrogen and oxygen atoms in total. The molecular weight excluding hydrogens is 304 g/mol. The Morgan fingerprint density at radius 3 is 2.81 bits per heavy atom. The average Bonchev–Trinajstić information content (AvgIpc) is 2.91. The van der Waals surface area contributed by atoms with Crippen molar-refractivity contribution in [3.63, 3.8) is 0 Å². The van der Waals surface area contributed by atoms with E-state index in [4.69, 9.17) is 22.1 Å². The van der Waals surface area contributed by atoms with Gasteiger partial charge in [0, 0.05) is 0 Å². The number of nitrogen functional groups attached to an aromatic ring is 1. The predicted molar refractivity (Wildman–Crippen MR) is 73.1 cm³/mol. The molecule has 3 heterocycles. The van der Waals surface area contributed by atoms with Crippen LogP contribution >= 0.6 is 11.6 Å². The van der Waals surface area contributed by atoms with Crippen molar-refractivity contribution >= 4 is 28.7 Å². The van der Waals surface area contributed by atoms with Crippen LogP contribution in [0.1, 0.15) is 26.5 Å². The number of hydrogen-bond donors (Lipinski definition) is 1. The van der Waals surface area contributed by atoms with Crippen molar-refractivity contribution < 1.29 is 13.5 Å². The highest BCUT2D eigenvalue weighted by molar-refractivity contribution is 6.33. The minimum absolute atomic E-state index is 0.0256. The fourth-order valence-electron chi connectivity index (χ4n) is 2.62. The Bertz CT molecular complexity index is 692. The Balaban J connectivity index is 2.13. The van der Waals surface area contributed by atoms with E-state index in [0.29, 0.717) is 6.42 Å². The summed E-state index contributed by atoms with van der Waals surface area (Å²) in [4.78, 5) is 11.7. The molecule has 2 aromatic rings. The minimum atomic E-state index is -3.04. The van der Waals surface area contributed by atoms with Gasteiger partial charge in [-0.1, -0.05) is 25.4 Å². The lowest BCUT2D eigenvalue weighted by molar-refractivity contribution is -0.121. The number of hydrogen-bond acceptors (Lipinski definition) is 5. The summed E-state index contributed by atoms with van der Waals surface area (Å²) in [6, 6.07) is 0.